The molecule has 1 unspecified atom stereocenters. The third-order valence-electron chi connectivity index (χ3n) is 3.07. The van der Waals surface area contributed by atoms with Gasteiger partial charge in [-0.05, 0) is 44.0 Å². The molecule has 1 amide bonds. The van der Waals surface area contributed by atoms with Gasteiger partial charge in [0.15, 0.2) is 0 Å². The number of nitrogens with two attached hydrogens (primary N) is 1. The minimum absolute atomic E-state index is 0.0558. The van der Waals surface area contributed by atoms with Crippen molar-refractivity contribution >= 4 is 5.91 Å². The highest BCUT2D eigenvalue weighted by atomic mass is 19.3. The maximum Gasteiger partial charge on any atom is 0.387 e. The third kappa shape index (κ3) is 7.04. The fourth-order valence-electron chi connectivity index (χ4n) is 1.96. The zero-order valence-electron chi connectivity index (χ0n) is 12.1. The molecule has 0 heterocycles. The van der Waals surface area contributed by atoms with Gasteiger partial charge < -0.3 is 15.8 Å². The second kappa shape index (κ2) is 9.28. The van der Waals surface area contributed by atoms with Gasteiger partial charge in [0, 0.05) is 6.42 Å². The van der Waals surface area contributed by atoms with Gasteiger partial charge in [-0.2, -0.15) is 8.78 Å². The quantitative estimate of drug-likeness (QED) is 0.689. The molecule has 21 heavy (non-hydrogen) atoms. The lowest BCUT2D eigenvalue weighted by atomic mass is 10.1. The van der Waals surface area contributed by atoms with Crippen LogP contribution in [0.15, 0.2) is 24.3 Å². The van der Waals surface area contributed by atoms with E-state index in [4.69, 9.17) is 5.73 Å². The molecule has 1 atom stereocenters. The molecule has 0 aliphatic carbocycles. The van der Waals surface area contributed by atoms with E-state index in [0.29, 0.717) is 13.0 Å². The molecule has 0 radical (unpaired) electrons. The van der Waals surface area contributed by atoms with Gasteiger partial charge in [-0.15, -0.1) is 0 Å². The molecule has 0 saturated heterocycles. The molecule has 0 bridgehead atoms. The van der Waals surface area contributed by atoms with Crippen LogP contribution < -0.4 is 15.8 Å². The van der Waals surface area contributed by atoms with Crippen molar-refractivity contribution in [2.45, 2.75) is 45.3 Å². The highest BCUT2D eigenvalue weighted by Crippen LogP contribution is 2.20. The first-order valence-corrected chi connectivity index (χ1v) is 7.07. The molecule has 4 nitrogen and oxygen atoms in total. The molecular formula is C15H22F2N2O2. The highest BCUT2D eigenvalue weighted by molar-refractivity contribution is 5.76. The summed E-state index contributed by atoms with van der Waals surface area (Å²) in [5.74, 6) is 0.0336. The number of hydrogen-bond donors (Lipinski definition) is 2. The smallest absolute Gasteiger partial charge is 0.387 e. The number of amides is 1. The van der Waals surface area contributed by atoms with Crippen molar-refractivity contribution in [1.29, 1.82) is 0 Å². The Balaban J connectivity index is 2.47. The Kier molecular flexibility index (Phi) is 7.68. The molecule has 0 aromatic heterocycles. The average Bonchev–Trinajstić information content (AvgIpc) is 2.43. The van der Waals surface area contributed by atoms with Crippen LogP contribution in [0.1, 0.15) is 44.2 Å². The molecule has 0 spiro atoms. The maximum absolute atomic E-state index is 12.2. The SMILES string of the molecule is CC(NC(=O)CCCCCN)c1cccc(OC(F)F)c1. The maximum atomic E-state index is 12.2. The van der Waals surface area contributed by atoms with Crippen LogP contribution in [0, 0.1) is 0 Å². The fourth-order valence-corrected chi connectivity index (χ4v) is 1.96. The Morgan fingerprint density at radius 3 is 2.76 bits per heavy atom. The van der Waals surface area contributed by atoms with Crippen molar-refractivity contribution in [3.05, 3.63) is 29.8 Å². The van der Waals surface area contributed by atoms with Gasteiger partial charge in [0.2, 0.25) is 5.91 Å². The van der Waals surface area contributed by atoms with Crippen LogP contribution in [0.3, 0.4) is 0 Å². The van der Waals surface area contributed by atoms with E-state index in [1.165, 1.54) is 12.1 Å². The number of nitrogens with one attached hydrogen (secondary N) is 1. The topological polar surface area (TPSA) is 64.4 Å². The molecule has 1 aromatic carbocycles. The van der Waals surface area contributed by atoms with E-state index in [1.807, 2.05) is 0 Å². The first kappa shape index (κ1) is 17.4. The third-order valence-corrected chi connectivity index (χ3v) is 3.07. The lowest BCUT2D eigenvalue weighted by Gasteiger charge is -2.15. The molecule has 6 heteroatoms. The standard InChI is InChI=1S/C15H22F2N2O2/c1-11(19-14(20)8-3-2-4-9-18)12-6-5-7-13(10-12)21-15(16)17/h5-7,10-11,15H,2-4,8-9,18H2,1H3,(H,19,20). The van der Waals surface area contributed by atoms with Crippen molar-refractivity contribution in [1.82, 2.24) is 5.32 Å². The molecule has 1 rings (SSSR count). The lowest BCUT2D eigenvalue weighted by molar-refractivity contribution is -0.121. The molecule has 3 N–H and O–H groups in total. The van der Waals surface area contributed by atoms with Gasteiger partial charge in [-0.25, -0.2) is 0 Å². The number of carbonyl (C=O) groups excluding carboxylic acids is 1. The van der Waals surface area contributed by atoms with E-state index in [9.17, 15) is 13.6 Å². The number of benzene rings is 1. The lowest BCUT2D eigenvalue weighted by Crippen LogP contribution is -2.26. The Hall–Kier alpha value is -1.69. The van der Waals surface area contributed by atoms with E-state index in [1.54, 1.807) is 19.1 Å². The van der Waals surface area contributed by atoms with Gasteiger partial charge in [-0.3, -0.25) is 4.79 Å². The monoisotopic (exact) mass is 300 g/mol. The Morgan fingerprint density at radius 2 is 2.10 bits per heavy atom. The summed E-state index contributed by atoms with van der Waals surface area (Å²) in [4.78, 5) is 11.8. The summed E-state index contributed by atoms with van der Waals surface area (Å²) >= 11 is 0. The zero-order valence-corrected chi connectivity index (χ0v) is 12.1. The van der Waals surface area contributed by atoms with Crippen LogP contribution in [-0.4, -0.2) is 19.1 Å². The molecule has 0 aliphatic rings. The largest absolute Gasteiger partial charge is 0.435 e. The molecule has 0 aliphatic heterocycles. The van der Waals surface area contributed by atoms with E-state index in [0.717, 1.165) is 24.8 Å². The first-order valence-electron chi connectivity index (χ1n) is 7.07. The summed E-state index contributed by atoms with van der Waals surface area (Å²) in [7, 11) is 0. The number of ether oxygens (including phenoxy) is 1. The molecule has 118 valence electrons. The van der Waals surface area contributed by atoms with Crippen LogP contribution in [0.25, 0.3) is 0 Å². The number of unbranched alkanes of at least 4 members (excludes halogenated alkanes) is 2. The van der Waals surface area contributed by atoms with Gasteiger partial charge in [0.05, 0.1) is 6.04 Å². The first-order chi connectivity index (χ1) is 10.0. The van der Waals surface area contributed by atoms with Crippen molar-refractivity contribution in [2.75, 3.05) is 6.54 Å². The Labute approximate surface area is 123 Å². The van der Waals surface area contributed by atoms with Crippen LogP contribution in [0.5, 0.6) is 5.75 Å². The van der Waals surface area contributed by atoms with Gasteiger partial charge in [0.25, 0.3) is 0 Å². The molecule has 1 aromatic rings. The summed E-state index contributed by atoms with van der Waals surface area (Å²) in [5, 5.41) is 2.84. The number of hydrogen-bond acceptors (Lipinski definition) is 3. The Bertz CT molecular complexity index is 441. The normalized spacial score (nSPS) is 12.2. The van der Waals surface area contributed by atoms with E-state index in [-0.39, 0.29) is 17.7 Å². The summed E-state index contributed by atoms with van der Waals surface area (Å²) in [6.45, 7) is -0.415. The van der Waals surface area contributed by atoms with E-state index in [2.05, 4.69) is 10.1 Å². The predicted octanol–water partition coefficient (Wildman–Crippen LogP) is 2.98. The fraction of sp³-hybridized carbons (Fsp3) is 0.533. The van der Waals surface area contributed by atoms with Gasteiger partial charge in [0.1, 0.15) is 5.75 Å². The van der Waals surface area contributed by atoms with Crippen LogP contribution in [-0.2, 0) is 4.79 Å². The second-order valence-corrected chi connectivity index (χ2v) is 4.84. The summed E-state index contributed by atoms with van der Waals surface area (Å²) in [6, 6.07) is 6.09. The number of alkyl halides is 2. The minimum atomic E-state index is -2.85. The summed E-state index contributed by atoms with van der Waals surface area (Å²) < 4.78 is 28.7. The molecule has 0 saturated carbocycles. The van der Waals surface area contributed by atoms with Crippen LogP contribution >= 0.6 is 0 Å². The van der Waals surface area contributed by atoms with Crippen molar-refractivity contribution in [3.63, 3.8) is 0 Å². The highest BCUT2D eigenvalue weighted by Gasteiger charge is 2.11. The summed E-state index contributed by atoms with van der Waals surface area (Å²) in [6.07, 6.45) is 3.08. The second-order valence-electron chi connectivity index (χ2n) is 4.84. The number of rotatable bonds is 9. The number of halogens is 2. The molecule has 0 fully saturated rings. The zero-order chi connectivity index (χ0) is 15.7. The van der Waals surface area contributed by atoms with Crippen LogP contribution in [0.2, 0.25) is 0 Å². The van der Waals surface area contributed by atoms with E-state index < -0.39 is 6.61 Å². The van der Waals surface area contributed by atoms with Crippen molar-refractivity contribution in [3.8, 4) is 5.75 Å². The summed E-state index contributed by atoms with van der Waals surface area (Å²) in [5.41, 5.74) is 6.11. The van der Waals surface area contributed by atoms with Gasteiger partial charge in [-0.1, -0.05) is 18.6 Å². The minimum Gasteiger partial charge on any atom is -0.435 e. The van der Waals surface area contributed by atoms with Gasteiger partial charge >= 0.3 is 6.61 Å². The number of carbonyl (C=O) groups is 1. The average molecular weight is 300 g/mol. The molecular weight excluding hydrogens is 278 g/mol. The Morgan fingerprint density at radius 1 is 1.33 bits per heavy atom. The van der Waals surface area contributed by atoms with E-state index >= 15 is 0 Å². The van der Waals surface area contributed by atoms with Crippen molar-refractivity contribution in [2.24, 2.45) is 5.73 Å². The van der Waals surface area contributed by atoms with Crippen molar-refractivity contribution < 1.29 is 18.3 Å². The predicted molar refractivity (Wildman–Crippen MR) is 77.2 cm³/mol. The van der Waals surface area contributed by atoms with Crippen LogP contribution in [0.4, 0.5) is 8.78 Å².